The molecule has 0 aliphatic rings. The number of carbonyl (C=O) groups is 1. The van der Waals surface area contributed by atoms with Gasteiger partial charge in [-0.05, 0) is 36.4 Å². The number of ether oxygens (including phenoxy) is 2. The molecule has 2 aromatic rings. The molecule has 0 unspecified atom stereocenters. The molecule has 0 saturated carbocycles. The van der Waals surface area contributed by atoms with Gasteiger partial charge in [-0.15, -0.1) is 0 Å². The molecule has 20 heavy (non-hydrogen) atoms. The van der Waals surface area contributed by atoms with Crippen LogP contribution in [0.3, 0.4) is 0 Å². The summed E-state index contributed by atoms with van der Waals surface area (Å²) in [4.78, 5) is 12.0. The monoisotopic (exact) mass is 285 g/mol. The largest absolute Gasteiger partial charge is 0.497 e. The molecule has 0 saturated heterocycles. The van der Waals surface area contributed by atoms with Crippen molar-refractivity contribution in [3.05, 3.63) is 54.1 Å². The summed E-state index contributed by atoms with van der Waals surface area (Å²) in [6.45, 7) is 4.44. The molecular formula is C16H17O3Si. The standard InChI is InChI=1S/C16H17O3Si/c1-18-13-6-8-14(9-7-13)19-16(17)12-4-10-15(11-5-12)20(2)3/h4-11H,1-3H3. The van der Waals surface area contributed by atoms with Crippen molar-refractivity contribution in [1.82, 2.24) is 0 Å². The van der Waals surface area contributed by atoms with Crippen LogP contribution in [0.4, 0.5) is 0 Å². The van der Waals surface area contributed by atoms with Crippen LogP contribution in [0.2, 0.25) is 13.1 Å². The van der Waals surface area contributed by atoms with E-state index in [9.17, 15) is 4.79 Å². The first-order chi connectivity index (χ1) is 9.60. The second kappa shape index (κ2) is 6.39. The first-order valence-corrected chi connectivity index (χ1v) is 8.87. The van der Waals surface area contributed by atoms with E-state index in [-0.39, 0.29) is 5.97 Å². The third-order valence-electron chi connectivity index (χ3n) is 2.97. The Kier molecular flexibility index (Phi) is 4.58. The van der Waals surface area contributed by atoms with Crippen LogP contribution in [-0.2, 0) is 0 Å². The summed E-state index contributed by atoms with van der Waals surface area (Å²) < 4.78 is 10.4. The van der Waals surface area contributed by atoms with Gasteiger partial charge in [0.25, 0.3) is 0 Å². The minimum atomic E-state index is -0.486. The lowest BCUT2D eigenvalue weighted by Gasteiger charge is -2.07. The minimum absolute atomic E-state index is 0.345. The zero-order valence-electron chi connectivity index (χ0n) is 11.8. The second-order valence-corrected chi connectivity index (χ2v) is 7.22. The van der Waals surface area contributed by atoms with E-state index in [2.05, 4.69) is 13.1 Å². The highest BCUT2D eigenvalue weighted by molar-refractivity contribution is 6.70. The SMILES string of the molecule is COc1ccc(OC(=O)c2ccc([Si](C)C)cc2)cc1. The Morgan fingerprint density at radius 2 is 1.45 bits per heavy atom. The highest BCUT2D eigenvalue weighted by Crippen LogP contribution is 2.18. The lowest BCUT2D eigenvalue weighted by Crippen LogP contribution is -2.22. The molecule has 103 valence electrons. The molecule has 0 aromatic heterocycles. The molecule has 0 aliphatic heterocycles. The number of esters is 1. The third kappa shape index (κ3) is 3.48. The van der Waals surface area contributed by atoms with Crippen molar-refractivity contribution in [3.8, 4) is 11.5 Å². The summed E-state index contributed by atoms with van der Waals surface area (Å²) in [7, 11) is 1.11. The van der Waals surface area contributed by atoms with Crippen molar-refractivity contribution in [2.24, 2.45) is 0 Å². The van der Waals surface area contributed by atoms with Crippen LogP contribution in [0.25, 0.3) is 0 Å². The summed E-state index contributed by atoms with van der Waals surface area (Å²) in [6, 6.07) is 14.6. The molecule has 2 aromatic carbocycles. The smallest absolute Gasteiger partial charge is 0.343 e. The van der Waals surface area contributed by atoms with E-state index in [1.54, 1.807) is 31.4 Å². The predicted molar refractivity (Wildman–Crippen MR) is 81.5 cm³/mol. The Morgan fingerprint density at radius 3 is 1.95 bits per heavy atom. The van der Waals surface area contributed by atoms with Crippen LogP contribution in [0.5, 0.6) is 11.5 Å². The van der Waals surface area contributed by atoms with E-state index in [4.69, 9.17) is 9.47 Å². The van der Waals surface area contributed by atoms with Crippen LogP contribution < -0.4 is 14.7 Å². The molecule has 0 bridgehead atoms. The molecule has 1 radical (unpaired) electrons. The van der Waals surface area contributed by atoms with Crippen LogP contribution in [0.15, 0.2) is 48.5 Å². The lowest BCUT2D eigenvalue weighted by molar-refractivity contribution is 0.0734. The minimum Gasteiger partial charge on any atom is -0.497 e. The fourth-order valence-corrected chi connectivity index (χ4v) is 2.58. The average Bonchev–Trinajstić information content (AvgIpc) is 2.48. The van der Waals surface area contributed by atoms with E-state index < -0.39 is 8.80 Å². The molecule has 0 spiro atoms. The Hall–Kier alpha value is -2.07. The maximum absolute atomic E-state index is 12.0. The van der Waals surface area contributed by atoms with E-state index in [1.807, 2.05) is 24.3 Å². The van der Waals surface area contributed by atoms with Crippen molar-refractivity contribution < 1.29 is 14.3 Å². The van der Waals surface area contributed by atoms with Gasteiger partial charge in [-0.3, -0.25) is 0 Å². The Balaban J connectivity index is 2.07. The first-order valence-electron chi connectivity index (χ1n) is 6.37. The average molecular weight is 285 g/mol. The second-order valence-electron chi connectivity index (χ2n) is 4.64. The summed E-state index contributed by atoms with van der Waals surface area (Å²) in [5, 5.41) is 1.30. The number of methoxy groups -OCH3 is 1. The van der Waals surface area contributed by atoms with Gasteiger partial charge in [0.05, 0.1) is 21.5 Å². The van der Waals surface area contributed by atoms with Gasteiger partial charge in [-0.1, -0.05) is 30.4 Å². The summed E-state index contributed by atoms with van der Waals surface area (Å²) in [5.74, 6) is 0.896. The van der Waals surface area contributed by atoms with Crippen molar-refractivity contribution in [1.29, 1.82) is 0 Å². The van der Waals surface area contributed by atoms with Gasteiger partial charge < -0.3 is 9.47 Å². The fourth-order valence-electron chi connectivity index (χ4n) is 1.75. The quantitative estimate of drug-likeness (QED) is 0.492. The number of hydrogen-bond donors (Lipinski definition) is 0. The van der Waals surface area contributed by atoms with Gasteiger partial charge in [0.2, 0.25) is 0 Å². The summed E-state index contributed by atoms with van der Waals surface area (Å²) in [5.41, 5.74) is 0.563. The van der Waals surface area contributed by atoms with Crippen LogP contribution >= 0.6 is 0 Å². The maximum Gasteiger partial charge on any atom is 0.343 e. The van der Waals surface area contributed by atoms with E-state index in [0.29, 0.717) is 11.3 Å². The normalized spacial score (nSPS) is 10.4. The molecule has 0 heterocycles. The van der Waals surface area contributed by atoms with Crippen molar-refractivity contribution in [2.75, 3.05) is 7.11 Å². The molecule has 3 nitrogen and oxygen atoms in total. The van der Waals surface area contributed by atoms with Crippen molar-refractivity contribution in [3.63, 3.8) is 0 Å². The first kappa shape index (κ1) is 14.3. The lowest BCUT2D eigenvalue weighted by atomic mass is 10.2. The fraction of sp³-hybridized carbons (Fsp3) is 0.188. The number of benzene rings is 2. The van der Waals surface area contributed by atoms with Gasteiger partial charge in [0.15, 0.2) is 0 Å². The Morgan fingerprint density at radius 1 is 0.900 bits per heavy atom. The molecule has 0 atom stereocenters. The third-order valence-corrected chi connectivity index (χ3v) is 4.46. The van der Waals surface area contributed by atoms with Gasteiger partial charge in [0, 0.05) is 0 Å². The predicted octanol–water partition coefficient (Wildman–Crippen LogP) is 2.88. The summed E-state index contributed by atoms with van der Waals surface area (Å²) >= 11 is 0. The topological polar surface area (TPSA) is 35.5 Å². The molecular weight excluding hydrogens is 268 g/mol. The van der Waals surface area contributed by atoms with Crippen LogP contribution in [0.1, 0.15) is 10.4 Å². The van der Waals surface area contributed by atoms with Crippen LogP contribution in [-0.4, -0.2) is 21.9 Å². The molecule has 4 heteroatoms. The molecule has 0 aliphatic carbocycles. The summed E-state index contributed by atoms with van der Waals surface area (Å²) in [6.07, 6.45) is 0. The van der Waals surface area contributed by atoms with Gasteiger partial charge in [0.1, 0.15) is 11.5 Å². The van der Waals surface area contributed by atoms with E-state index in [1.165, 1.54) is 5.19 Å². The van der Waals surface area contributed by atoms with Crippen molar-refractivity contribution in [2.45, 2.75) is 13.1 Å². The number of hydrogen-bond acceptors (Lipinski definition) is 3. The molecule has 2 rings (SSSR count). The Labute approximate surface area is 120 Å². The highest BCUT2D eigenvalue weighted by atomic mass is 28.3. The molecule has 0 fully saturated rings. The molecule has 0 N–H and O–H groups in total. The van der Waals surface area contributed by atoms with Crippen LogP contribution in [0, 0.1) is 0 Å². The highest BCUT2D eigenvalue weighted by Gasteiger charge is 2.09. The number of carbonyl (C=O) groups excluding carboxylic acids is 1. The van der Waals surface area contributed by atoms with Gasteiger partial charge in [-0.2, -0.15) is 0 Å². The molecule has 0 amide bonds. The van der Waals surface area contributed by atoms with Gasteiger partial charge >= 0.3 is 5.97 Å². The zero-order valence-corrected chi connectivity index (χ0v) is 12.8. The maximum atomic E-state index is 12.0. The zero-order chi connectivity index (χ0) is 14.5. The number of rotatable bonds is 4. The van der Waals surface area contributed by atoms with Crippen molar-refractivity contribution >= 4 is 20.0 Å². The Bertz CT molecular complexity index is 574. The van der Waals surface area contributed by atoms with E-state index in [0.717, 1.165) is 5.75 Å². The van der Waals surface area contributed by atoms with E-state index >= 15 is 0 Å². The van der Waals surface area contributed by atoms with Gasteiger partial charge in [-0.25, -0.2) is 4.79 Å².